The van der Waals surface area contributed by atoms with E-state index in [4.69, 9.17) is 4.74 Å². The number of nitrogens with zero attached hydrogens (tertiary/aromatic N) is 4. The molecule has 0 aliphatic rings. The van der Waals surface area contributed by atoms with Crippen molar-refractivity contribution < 1.29 is 4.74 Å². The lowest BCUT2D eigenvalue weighted by Crippen LogP contribution is -2.25. The van der Waals surface area contributed by atoms with Crippen LogP contribution < -0.4 is 10.3 Å². The maximum Gasteiger partial charge on any atom is 0.277 e. The van der Waals surface area contributed by atoms with Gasteiger partial charge in [-0.25, -0.2) is 9.67 Å². The molecule has 0 aliphatic heterocycles. The fourth-order valence-corrected chi connectivity index (χ4v) is 2.02. The van der Waals surface area contributed by atoms with E-state index in [1.54, 1.807) is 37.6 Å². The van der Waals surface area contributed by atoms with Crippen molar-refractivity contribution in [3.63, 3.8) is 0 Å². The average molecular weight is 268 g/mol. The van der Waals surface area contributed by atoms with Gasteiger partial charge in [0, 0.05) is 11.8 Å². The van der Waals surface area contributed by atoms with Crippen LogP contribution in [0.1, 0.15) is 5.56 Å². The summed E-state index contributed by atoms with van der Waals surface area (Å²) in [6.07, 6.45) is 1.64. The van der Waals surface area contributed by atoms with Gasteiger partial charge in [0.25, 0.3) is 5.56 Å². The molecule has 100 valence electrons. The number of rotatable bonds is 3. The van der Waals surface area contributed by atoms with E-state index in [1.165, 1.54) is 4.68 Å². The molecule has 6 heteroatoms. The van der Waals surface area contributed by atoms with Gasteiger partial charge >= 0.3 is 0 Å². The summed E-state index contributed by atoms with van der Waals surface area (Å²) in [5.41, 5.74) is 1.19. The van der Waals surface area contributed by atoms with Crippen molar-refractivity contribution in [3.05, 3.63) is 58.5 Å². The molecule has 0 saturated carbocycles. The first-order valence-electron chi connectivity index (χ1n) is 6.10. The molecule has 0 N–H and O–H groups in total. The first-order valence-corrected chi connectivity index (χ1v) is 6.10. The Balaban J connectivity index is 2.07. The molecule has 2 aromatic heterocycles. The molecular formula is C14H12N4O2. The Morgan fingerprint density at radius 1 is 1.20 bits per heavy atom. The molecule has 1 aromatic carbocycles. The summed E-state index contributed by atoms with van der Waals surface area (Å²) in [6, 6.07) is 10.8. The van der Waals surface area contributed by atoms with Gasteiger partial charge in [-0.05, 0) is 18.2 Å². The van der Waals surface area contributed by atoms with Gasteiger partial charge in [-0.2, -0.15) is 0 Å². The number of fused-ring (bicyclic) bond motifs is 1. The fourth-order valence-electron chi connectivity index (χ4n) is 2.02. The number of aromatic nitrogens is 4. The molecule has 0 aliphatic carbocycles. The van der Waals surface area contributed by atoms with Crippen LogP contribution in [0.15, 0.2) is 47.4 Å². The highest BCUT2D eigenvalue weighted by Crippen LogP contribution is 2.14. The second-order valence-electron chi connectivity index (χ2n) is 4.24. The third kappa shape index (κ3) is 2.11. The molecule has 2 heterocycles. The summed E-state index contributed by atoms with van der Waals surface area (Å²) in [5, 5.41) is 8.54. The Morgan fingerprint density at radius 3 is 2.90 bits per heavy atom. The van der Waals surface area contributed by atoms with Crippen molar-refractivity contribution >= 4 is 10.9 Å². The van der Waals surface area contributed by atoms with E-state index in [0.717, 1.165) is 5.56 Å². The van der Waals surface area contributed by atoms with Crippen molar-refractivity contribution in [2.75, 3.05) is 7.11 Å². The topological polar surface area (TPSA) is 69.9 Å². The van der Waals surface area contributed by atoms with Gasteiger partial charge in [0.1, 0.15) is 5.52 Å². The minimum Gasteiger partial charge on any atom is -0.481 e. The second-order valence-corrected chi connectivity index (χ2v) is 4.24. The van der Waals surface area contributed by atoms with Gasteiger partial charge in [-0.3, -0.25) is 4.79 Å². The lowest BCUT2D eigenvalue weighted by atomic mass is 10.2. The third-order valence-electron chi connectivity index (χ3n) is 2.99. The number of ether oxygens (including phenoxy) is 1. The predicted octanol–water partition coefficient (Wildman–Crippen LogP) is 1.24. The van der Waals surface area contributed by atoms with E-state index in [1.807, 2.05) is 12.1 Å². The van der Waals surface area contributed by atoms with Crippen LogP contribution in [0.25, 0.3) is 10.9 Å². The van der Waals surface area contributed by atoms with Crippen molar-refractivity contribution in [1.29, 1.82) is 0 Å². The average Bonchev–Trinajstić information content (AvgIpc) is 2.51. The number of hydrogen-bond donors (Lipinski definition) is 0. The quantitative estimate of drug-likeness (QED) is 0.715. The van der Waals surface area contributed by atoms with Crippen LogP contribution in [0.2, 0.25) is 0 Å². The highest BCUT2D eigenvalue weighted by atomic mass is 16.5. The summed E-state index contributed by atoms with van der Waals surface area (Å²) >= 11 is 0. The molecule has 0 atom stereocenters. The molecule has 0 spiro atoms. The molecule has 0 fully saturated rings. The molecule has 3 rings (SSSR count). The molecular weight excluding hydrogens is 256 g/mol. The monoisotopic (exact) mass is 268 g/mol. The standard InChI is InChI=1S/C14H12N4O2/c1-20-13-10(5-4-8-15-13)9-18-14(19)11-6-2-3-7-12(11)16-17-18/h2-8H,9H2,1H3. The number of pyridine rings is 1. The first-order chi connectivity index (χ1) is 9.79. The van der Waals surface area contributed by atoms with E-state index in [0.29, 0.717) is 16.8 Å². The Labute approximate surface area is 114 Å². The maximum atomic E-state index is 12.3. The van der Waals surface area contributed by atoms with Gasteiger partial charge in [-0.1, -0.05) is 23.4 Å². The van der Waals surface area contributed by atoms with Crippen LogP contribution in [0.3, 0.4) is 0 Å². The maximum absolute atomic E-state index is 12.3. The Kier molecular flexibility index (Phi) is 3.12. The zero-order valence-electron chi connectivity index (χ0n) is 10.9. The van der Waals surface area contributed by atoms with Crippen LogP contribution in [0.5, 0.6) is 5.88 Å². The summed E-state index contributed by atoms with van der Waals surface area (Å²) in [7, 11) is 1.54. The molecule has 0 bridgehead atoms. The largest absolute Gasteiger partial charge is 0.481 e. The van der Waals surface area contributed by atoms with Gasteiger partial charge < -0.3 is 4.74 Å². The fraction of sp³-hybridized carbons (Fsp3) is 0.143. The van der Waals surface area contributed by atoms with Crippen LogP contribution in [0, 0.1) is 0 Å². The SMILES string of the molecule is COc1ncccc1Cn1nnc2ccccc2c1=O. The summed E-state index contributed by atoms with van der Waals surface area (Å²) < 4.78 is 6.48. The number of methoxy groups -OCH3 is 1. The van der Waals surface area contributed by atoms with Gasteiger partial charge in [0.2, 0.25) is 5.88 Å². The van der Waals surface area contributed by atoms with Gasteiger partial charge in [0.05, 0.1) is 19.0 Å². The lowest BCUT2D eigenvalue weighted by Gasteiger charge is -2.08. The highest BCUT2D eigenvalue weighted by Gasteiger charge is 2.09. The smallest absolute Gasteiger partial charge is 0.277 e. The molecule has 0 unspecified atom stereocenters. The van der Waals surface area contributed by atoms with E-state index in [-0.39, 0.29) is 12.1 Å². The predicted molar refractivity (Wildman–Crippen MR) is 73.7 cm³/mol. The van der Waals surface area contributed by atoms with Gasteiger partial charge in [0.15, 0.2) is 0 Å². The third-order valence-corrected chi connectivity index (χ3v) is 2.99. The lowest BCUT2D eigenvalue weighted by molar-refractivity contribution is 0.389. The normalized spacial score (nSPS) is 10.7. The Morgan fingerprint density at radius 2 is 2.05 bits per heavy atom. The molecule has 3 aromatic rings. The Bertz CT molecular complexity index is 813. The van der Waals surface area contributed by atoms with E-state index in [9.17, 15) is 4.79 Å². The second kappa shape index (κ2) is 5.08. The molecule has 0 amide bonds. The van der Waals surface area contributed by atoms with Crippen LogP contribution in [0.4, 0.5) is 0 Å². The summed E-state index contributed by atoms with van der Waals surface area (Å²) in [4.78, 5) is 16.4. The van der Waals surface area contributed by atoms with Crippen molar-refractivity contribution in [2.24, 2.45) is 0 Å². The van der Waals surface area contributed by atoms with E-state index in [2.05, 4.69) is 15.3 Å². The highest BCUT2D eigenvalue weighted by molar-refractivity contribution is 5.76. The number of benzene rings is 1. The van der Waals surface area contributed by atoms with Crippen molar-refractivity contribution in [1.82, 2.24) is 20.0 Å². The van der Waals surface area contributed by atoms with E-state index < -0.39 is 0 Å². The van der Waals surface area contributed by atoms with Crippen molar-refractivity contribution in [3.8, 4) is 5.88 Å². The first kappa shape index (κ1) is 12.3. The van der Waals surface area contributed by atoms with E-state index >= 15 is 0 Å². The van der Waals surface area contributed by atoms with Crippen LogP contribution in [-0.4, -0.2) is 27.1 Å². The zero-order chi connectivity index (χ0) is 13.9. The summed E-state index contributed by atoms with van der Waals surface area (Å²) in [6.45, 7) is 0.272. The molecule has 6 nitrogen and oxygen atoms in total. The number of hydrogen-bond acceptors (Lipinski definition) is 5. The van der Waals surface area contributed by atoms with Gasteiger partial charge in [-0.15, -0.1) is 5.10 Å². The molecule has 20 heavy (non-hydrogen) atoms. The van der Waals surface area contributed by atoms with Crippen LogP contribution in [-0.2, 0) is 6.54 Å². The minimum absolute atomic E-state index is 0.179. The van der Waals surface area contributed by atoms with Crippen molar-refractivity contribution in [2.45, 2.75) is 6.54 Å². The molecule has 0 radical (unpaired) electrons. The Hall–Kier alpha value is -2.76. The zero-order valence-corrected chi connectivity index (χ0v) is 10.9. The van der Waals surface area contributed by atoms with Crippen LogP contribution >= 0.6 is 0 Å². The molecule has 0 saturated heterocycles. The summed E-state index contributed by atoms with van der Waals surface area (Å²) in [5.74, 6) is 0.481. The minimum atomic E-state index is -0.179.